The molecule has 4 aromatic rings. The third-order valence-corrected chi connectivity index (χ3v) is 34.6. The number of benzene rings is 4. The fourth-order valence-electron chi connectivity index (χ4n) is 13.0. The van der Waals surface area contributed by atoms with Gasteiger partial charge in [-0.15, -0.1) is 0 Å². The molecular weight excluding hydrogens is 1250 g/mol. The molecule has 7 rings (SSSR count). The molecule has 17 heteroatoms. The zero-order valence-electron chi connectivity index (χ0n) is 61.0. The quantitative estimate of drug-likeness (QED) is 0.0118. The summed E-state index contributed by atoms with van der Waals surface area (Å²) >= 11 is 0. The lowest BCUT2D eigenvalue weighted by Crippen LogP contribution is -2.66. The van der Waals surface area contributed by atoms with Gasteiger partial charge in [-0.05, 0) is 120 Å². The molecule has 10 atom stereocenters. The molecule has 95 heavy (non-hydrogen) atoms. The highest BCUT2D eigenvalue weighted by Gasteiger charge is 2.58. The van der Waals surface area contributed by atoms with E-state index in [0.29, 0.717) is 58.3 Å². The number of ether oxygens (including phenoxy) is 9. The first-order valence-corrected chi connectivity index (χ1v) is 42.2. The summed E-state index contributed by atoms with van der Waals surface area (Å²) in [6.07, 6.45) is 7.60. The number of ketones is 1. The van der Waals surface area contributed by atoms with Gasteiger partial charge in [0.05, 0.1) is 76.3 Å². The standard InChI is InChI=1S/C78H116O14Si3/c1-56-44-63(40-42-77(12,13)78(83-16)73(80)60(47-72(79)82-15)46-67(90-78)52-71(92-94(19,20)75(6,7)8)57(2)86-55-84-53-58-30-24-21-25-31-58)88-64(45-56)49-66-51-68(91-93(17,18)74(3,4)5)50-65(89-66)48-62(85-54-59-36-38-61(81-14)39-37-59)41-43-87-95(76(9,10)11,69-32-26-22-27-33-69)70-34-28-23-29-35-70/h21-40,42,47,57,62-68,71H,1,41,43-46,48-55H2,2-20H3/t57-,62+,63+,64+,65-,66+,67+,68+,71-,78-/m1/s1. The van der Waals surface area contributed by atoms with Crippen molar-refractivity contribution >= 4 is 47.1 Å². The normalized spacial score (nSPS) is 23.6. The highest BCUT2D eigenvalue weighted by molar-refractivity contribution is 6.99. The Labute approximate surface area is 573 Å². The van der Waals surface area contributed by atoms with Crippen LogP contribution in [-0.4, -0.2) is 132 Å². The minimum absolute atomic E-state index is 0.00138. The average molecular weight is 1360 g/mol. The Morgan fingerprint density at radius 3 is 1.83 bits per heavy atom. The maximum Gasteiger partial charge on any atom is 0.330 e. The largest absolute Gasteiger partial charge is 0.497 e. The van der Waals surface area contributed by atoms with Gasteiger partial charge < -0.3 is 55.9 Å². The van der Waals surface area contributed by atoms with Crippen molar-refractivity contribution in [2.24, 2.45) is 5.41 Å². The van der Waals surface area contributed by atoms with E-state index in [1.807, 2.05) is 75.4 Å². The lowest BCUT2D eigenvalue weighted by Gasteiger charge is -2.49. The van der Waals surface area contributed by atoms with Gasteiger partial charge in [-0.3, -0.25) is 4.79 Å². The first kappa shape index (κ1) is 77.6. The van der Waals surface area contributed by atoms with Crippen molar-refractivity contribution in [3.05, 3.63) is 162 Å². The summed E-state index contributed by atoms with van der Waals surface area (Å²) in [6.45, 7) is 41.3. The molecule has 0 spiro atoms. The van der Waals surface area contributed by atoms with Crippen LogP contribution in [0, 0.1) is 5.41 Å². The highest BCUT2D eigenvalue weighted by Crippen LogP contribution is 2.48. The second-order valence-corrected chi connectivity index (χ2v) is 45.0. The van der Waals surface area contributed by atoms with E-state index in [0.717, 1.165) is 35.3 Å². The minimum Gasteiger partial charge on any atom is -0.497 e. The predicted molar refractivity (Wildman–Crippen MR) is 387 cm³/mol. The molecule has 14 nitrogen and oxygen atoms in total. The molecule has 3 aliphatic heterocycles. The zero-order chi connectivity index (χ0) is 69.6. The first-order valence-electron chi connectivity index (χ1n) is 34.5. The van der Waals surface area contributed by atoms with E-state index in [-0.39, 0.29) is 70.5 Å². The molecule has 4 aromatic carbocycles. The van der Waals surface area contributed by atoms with Crippen molar-refractivity contribution in [1.29, 1.82) is 0 Å². The van der Waals surface area contributed by atoms with Gasteiger partial charge in [0.2, 0.25) is 11.6 Å². The van der Waals surface area contributed by atoms with Gasteiger partial charge in [-0.2, -0.15) is 0 Å². The molecule has 0 bridgehead atoms. The van der Waals surface area contributed by atoms with Crippen molar-refractivity contribution in [3.8, 4) is 5.75 Å². The Bertz CT molecular complexity index is 3070. The SMILES string of the molecule is C=C1C[C@@H](C[C@H]2C[C@@H](O[Si](C)(C)C(C)(C)C)C[C@@H](C[C@H](CCO[Si](c3ccccc3)(c3ccccc3)C(C)(C)C)OCc3ccc(OC)cc3)O2)O[C@@H](C=CC(C)(C)[C@]2(OC)O[C@H](C[C@@H](O[Si](C)(C)C(C)(C)C)[C@@H](C)OCOCc3ccccc3)CC(=CC(=O)OC)C2=O)C1. The van der Waals surface area contributed by atoms with Crippen LogP contribution in [0.3, 0.4) is 0 Å². The van der Waals surface area contributed by atoms with Crippen molar-refractivity contribution < 1.29 is 65.5 Å². The molecule has 3 fully saturated rings. The van der Waals surface area contributed by atoms with Crippen LogP contribution in [0.5, 0.6) is 5.75 Å². The number of methoxy groups -OCH3 is 3. The molecule has 0 aromatic heterocycles. The molecule has 0 radical (unpaired) electrons. The first-order chi connectivity index (χ1) is 44.6. The molecule has 0 aliphatic carbocycles. The van der Waals surface area contributed by atoms with E-state index in [1.54, 1.807) is 7.11 Å². The molecule has 0 amide bonds. The van der Waals surface area contributed by atoms with Crippen molar-refractivity contribution in [2.45, 2.75) is 256 Å². The number of Topliss-reactive ketones (excluding diaryl/α,β-unsaturated/α-hetero) is 1. The highest BCUT2D eigenvalue weighted by atomic mass is 28.4. The number of carbonyl (C=O) groups excluding carboxylic acids is 2. The molecule has 0 saturated carbocycles. The van der Waals surface area contributed by atoms with Crippen molar-refractivity contribution in [3.63, 3.8) is 0 Å². The number of esters is 1. The van der Waals surface area contributed by atoms with E-state index in [1.165, 1.54) is 30.7 Å². The summed E-state index contributed by atoms with van der Waals surface area (Å²) in [4.78, 5) is 28.2. The van der Waals surface area contributed by atoms with Gasteiger partial charge >= 0.3 is 5.97 Å². The molecule has 3 saturated heterocycles. The summed E-state index contributed by atoms with van der Waals surface area (Å²) in [5, 5.41) is 2.16. The zero-order valence-corrected chi connectivity index (χ0v) is 64.0. The summed E-state index contributed by atoms with van der Waals surface area (Å²) in [5.41, 5.74) is 2.29. The summed E-state index contributed by atoms with van der Waals surface area (Å²) < 4.78 is 79.9. The smallest absolute Gasteiger partial charge is 0.330 e. The van der Waals surface area contributed by atoms with Crippen LogP contribution in [0.4, 0.5) is 0 Å². The molecule has 3 aliphatic rings. The lowest BCUT2D eigenvalue weighted by molar-refractivity contribution is -0.279. The van der Waals surface area contributed by atoms with E-state index < -0.39 is 66.2 Å². The van der Waals surface area contributed by atoms with Crippen molar-refractivity contribution in [2.75, 3.05) is 34.7 Å². The Hall–Kier alpha value is -4.71. The van der Waals surface area contributed by atoms with E-state index in [9.17, 15) is 4.79 Å². The maximum absolute atomic E-state index is 15.1. The van der Waals surface area contributed by atoms with Gasteiger partial charge in [0.25, 0.3) is 8.32 Å². The lowest BCUT2D eigenvalue weighted by atomic mass is 9.74. The Kier molecular flexibility index (Phi) is 27.3. The third-order valence-electron chi connectivity index (χ3n) is 20.5. The van der Waals surface area contributed by atoms with Crippen molar-refractivity contribution in [1.82, 2.24) is 0 Å². The second kappa shape index (κ2) is 33.4. The van der Waals surface area contributed by atoms with Crippen LogP contribution in [0.1, 0.15) is 152 Å². The Balaban J connectivity index is 1.13. The molecular formula is C78H116O14Si3. The van der Waals surface area contributed by atoms with Crippen LogP contribution >= 0.6 is 0 Å². The van der Waals surface area contributed by atoms with E-state index in [2.05, 4.69) is 168 Å². The van der Waals surface area contributed by atoms with Crippen LogP contribution in [-0.2, 0) is 74.0 Å². The fraction of sp³-hybridized carbons (Fsp3) is 0.590. The minimum atomic E-state index is -2.85. The van der Waals surface area contributed by atoms with Gasteiger partial charge in [-0.1, -0.05) is 204 Å². The second-order valence-electron chi connectivity index (χ2n) is 31.2. The number of hydrogen-bond donors (Lipinski definition) is 0. The monoisotopic (exact) mass is 1360 g/mol. The number of rotatable bonds is 31. The number of carbonyl (C=O) groups is 2. The van der Waals surface area contributed by atoms with E-state index in [4.69, 9.17) is 55.9 Å². The molecule has 3 heterocycles. The average Bonchev–Trinajstić information content (AvgIpc) is 0.751. The molecule has 524 valence electrons. The van der Waals surface area contributed by atoms with Gasteiger partial charge in [0, 0.05) is 56.1 Å². The topological polar surface area (TPSA) is 145 Å². The van der Waals surface area contributed by atoms with E-state index >= 15 is 4.79 Å². The van der Waals surface area contributed by atoms with Crippen LogP contribution in [0.25, 0.3) is 0 Å². The summed E-state index contributed by atoms with van der Waals surface area (Å²) in [7, 11) is -3.03. The predicted octanol–water partition coefficient (Wildman–Crippen LogP) is 16.1. The molecule has 0 N–H and O–H groups in total. The summed E-state index contributed by atoms with van der Waals surface area (Å²) in [5.74, 6) is -2.17. The van der Waals surface area contributed by atoms with Crippen LogP contribution in [0.2, 0.25) is 41.3 Å². The molecule has 0 unspecified atom stereocenters. The van der Waals surface area contributed by atoms with Crippen LogP contribution < -0.4 is 15.1 Å². The maximum atomic E-state index is 15.1. The Morgan fingerprint density at radius 2 is 1.26 bits per heavy atom. The summed E-state index contributed by atoms with van der Waals surface area (Å²) in [6, 6.07) is 39.6. The fourth-order valence-corrected chi connectivity index (χ4v) is 20.4. The van der Waals surface area contributed by atoms with Gasteiger partial charge in [0.15, 0.2) is 16.6 Å². The van der Waals surface area contributed by atoms with Gasteiger partial charge in [0.1, 0.15) is 12.5 Å². The third kappa shape index (κ3) is 20.5. The van der Waals surface area contributed by atoms with Crippen LogP contribution in [0.15, 0.2) is 151 Å². The number of hydrogen-bond acceptors (Lipinski definition) is 14. The Morgan fingerprint density at radius 1 is 0.674 bits per heavy atom. The van der Waals surface area contributed by atoms with Gasteiger partial charge in [-0.25, -0.2) is 4.79 Å².